The molecule has 0 bridgehead atoms. The average molecular weight is 316 g/mol. The van der Waals surface area contributed by atoms with Crippen molar-refractivity contribution in [3.05, 3.63) is 40.4 Å². The minimum atomic E-state index is -0.840. The zero-order valence-corrected chi connectivity index (χ0v) is 12.7. The van der Waals surface area contributed by atoms with E-state index in [0.717, 1.165) is 5.82 Å². The fraction of sp³-hybridized carbons (Fsp3) is 0.385. The van der Waals surface area contributed by atoms with Crippen LogP contribution in [0.3, 0.4) is 0 Å². The van der Waals surface area contributed by atoms with E-state index in [-0.39, 0.29) is 17.5 Å². The predicted molar refractivity (Wildman–Crippen MR) is 78.9 cm³/mol. The van der Waals surface area contributed by atoms with Gasteiger partial charge in [-0.05, 0) is 17.7 Å². The second-order valence-electron chi connectivity index (χ2n) is 4.68. The van der Waals surface area contributed by atoms with Crippen molar-refractivity contribution in [2.45, 2.75) is 25.9 Å². The summed E-state index contributed by atoms with van der Waals surface area (Å²) < 4.78 is 17.5. The van der Waals surface area contributed by atoms with Crippen LogP contribution in [0.1, 0.15) is 37.3 Å². The maximum absolute atomic E-state index is 13.3. The lowest BCUT2D eigenvalue weighted by molar-refractivity contribution is 0.191. The minimum absolute atomic E-state index is 0.0413. The molecule has 2 rings (SSSR count). The smallest absolute Gasteiger partial charge is 0.202 e. The van der Waals surface area contributed by atoms with E-state index in [4.69, 9.17) is 11.6 Å². The first-order valence-electron chi connectivity index (χ1n) is 6.18. The van der Waals surface area contributed by atoms with Crippen molar-refractivity contribution < 1.29 is 9.50 Å². The molecule has 4 nitrogen and oxygen atoms in total. The topological polar surface area (TPSA) is 58.0 Å². The van der Waals surface area contributed by atoms with Gasteiger partial charge in [-0.25, -0.2) is 9.37 Å². The molecule has 20 heavy (non-hydrogen) atoms. The molecule has 0 spiro atoms. The van der Waals surface area contributed by atoms with Crippen molar-refractivity contribution in [1.29, 1.82) is 0 Å². The van der Waals surface area contributed by atoms with Crippen LogP contribution in [-0.4, -0.2) is 21.0 Å². The van der Waals surface area contributed by atoms with E-state index < -0.39 is 11.9 Å². The van der Waals surface area contributed by atoms with Gasteiger partial charge in [0.15, 0.2) is 0 Å². The van der Waals surface area contributed by atoms with E-state index in [1.54, 1.807) is 6.07 Å². The zero-order valence-electron chi connectivity index (χ0n) is 11.1. The molecule has 1 heterocycles. The van der Waals surface area contributed by atoms with Crippen molar-refractivity contribution in [3.63, 3.8) is 0 Å². The number of benzene rings is 1. The number of rotatable bonds is 5. The Morgan fingerprint density at radius 2 is 2.20 bits per heavy atom. The molecule has 0 radical (unpaired) electrons. The van der Waals surface area contributed by atoms with Gasteiger partial charge in [0.1, 0.15) is 11.6 Å². The summed E-state index contributed by atoms with van der Waals surface area (Å²) in [5.41, 5.74) is 0.466. The lowest BCUT2D eigenvalue weighted by Gasteiger charge is -2.11. The van der Waals surface area contributed by atoms with Gasteiger partial charge >= 0.3 is 0 Å². The summed E-state index contributed by atoms with van der Waals surface area (Å²) in [5.74, 6) is 0.489. The Labute approximate surface area is 125 Å². The van der Waals surface area contributed by atoms with Crippen LogP contribution in [0.4, 0.5) is 9.52 Å². The summed E-state index contributed by atoms with van der Waals surface area (Å²) in [6.45, 7) is 4.25. The van der Waals surface area contributed by atoms with Crippen LogP contribution in [0.2, 0.25) is 5.02 Å². The summed E-state index contributed by atoms with van der Waals surface area (Å²) in [6.07, 6.45) is -0.840. The third kappa shape index (κ3) is 3.65. The third-order valence-corrected chi connectivity index (χ3v) is 3.73. The highest BCUT2D eigenvalue weighted by molar-refractivity contribution is 7.09. The van der Waals surface area contributed by atoms with Crippen molar-refractivity contribution in [2.24, 2.45) is 0 Å². The van der Waals surface area contributed by atoms with Crippen LogP contribution < -0.4 is 5.32 Å². The Kier molecular flexibility index (Phi) is 4.91. The van der Waals surface area contributed by atoms with Crippen molar-refractivity contribution >= 4 is 28.3 Å². The van der Waals surface area contributed by atoms with Gasteiger partial charge in [-0.15, -0.1) is 0 Å². The highest BCUT2D eigenvalue weighted by Gasteiger charge is 2.12. The molecule has 108 valence electrons. The van der Waals surface area contributed by atoms with Crippen LogP contribution in [-0.2, 0) is 0 Å². The second kappa shape index (κ2) is 6.47. The van der Waals surface area contributed by atoms with E-state index >= 15 is 0 Å². The molecule has 2 aromatic rings. The summed E-state index contributed by atoms with van der Waals surface area (Å²) in [7, 11) is 0. The van der Waals surface area contributed by atoms with Gasteiger partial charge in [0.2, 0.25) is 5.13 Å². The van der Waals surface area contributed by atoms with Gasteiger partial charge in [-0.1, -0.05) is 31.5 Å². The Morgan fingerprint density at radius 1 is 1.45 bits per heavy atom. The fourth-order valence-corrected chi connectivity index (χ4v) is 2.39. The summed E-state index contributed by atoms with van der Waals surface area (Å²) in [5, 5.41) is 13.7. The monoisotopic (exact) mass is 315 g/mol. The summed E-state index contributed by atoms with van der Waals surface area (Å²) in [4.78, 5) is 4.30. The van der Waals surface area contributed by atoms with Crippen LogP contribution in [0.5, 0.6) is 0 Å². The Bertz CT molecular complexity index is 591. The number of anilines is 1. The van der Waals surface area contributed by atoms with Gasteiger partial charge < -0.3 is 10.4 Å². The lowest BCUT2D eigenvalue weighted by Crippen LogP contribution is -2.12. The number of hydrogen-bond donors (Lipinski definition) is 2. The van der Waals surface area contributed by atoms with Crippen molar-refractivity contribution in [2.75, 3.05) is 11.9 Å². The lowest BCUT2D eigenvalue weighted by atomic mass is 10.1. The molecule has 1 aromatic carbocycles. The average Bonchev–Trinajstić information content (AvgIpc) is 2.88. The van der Waals surface area contributed by atoms with Crippen molar-refractivity contribution in [1.82, 2.24) is 9.36 Å². The van der Waals surface area contributed by atoms with E-state index in [1.165, 1.54) is 23.7 Å². The predicted octanol–water partition coefficient (Wildman–Crippen LogP) is 3.60. The quantitative estimate of drug-likeness (QED) is 0.885. The number of aliphatic hydroxyl groups excluding tert-OH is 1. The Hall–Kier alpha value is -1.24. The van der Waals surface area contributed by atoms with E-state index in [2.05, 4.69) is 14.7 Å². The SMILES string of the molecule is CC(C)c1nsc(NCC(O)c2ccc(Cl)c(F)c2)n1. The van der Waals surface area contributed by atoms with E-state index in [9.17, 15) is 9.50 Å². The maximum atomic E-state index is 13.3. The fourth-order valence-electron chi connectivity index (χ4n) is 1.56. The van der Waals surface area contributed by atoms with Crippen LogP contribution >= 0.6 is 23.1 Å². The first-order chi connectivity index (χ1) is 9.47. The molecule has 0 saturated carbocycles. The normalized spacial score (nSPS) is 12.7. The Morgan fingerprint density at radius 3 is 2.80 bits per heavy atom. The Balaban J connectivity index is 1.97. The molecule has 1 aromatic heterocycles. The van der Waals surface area contributed by atoms with Gasteiger partial charge in [0.05, 0.1) is 11.1 Å². The number of halogens is 2. The second-order valence-corrected chi connectivity index (χ2v) is 5.84. The molecule has 0 fully saturated rings. The standard InChI is InChI=1S/C13H15ClFN3OS/c1-7(2)12-17-13(20-18-12)16-6-11(19)8-3-4-9(14)10(15)5-8/h3-5,7,11,19H,6H2,1-2H3,(H,16,17,18). The van der Waals surface area contributed by atoms with Crippen LogP contribution in [0.15, 0.2) is 18.2 Å². The number of nitrogens with zero attached hydrogens (tertiary/aromatic N) is 2. The number of aromatic nitrogens is 2. The molecule has 0 aliphatic carbocycles. The molecule has 7 heteroatoms. The van der Waals surface area contributed by atoms with Gasteiger partial charge in [0.25, 0.3) is 0 Å². The molecular formula is C13H15ClFN3OS. The van der Waals surface area contributed by atoms with E-state index in [1.807, 2.05) is 13.8 Å². The minimum Gasteiger partial charge on any atom is -0.387 e. The van der Waals surface area contributed by atoms with Gasteiger partial charge in [-0.2, -0.15) is 4.37 Å². The largest absolute Gasteiger partial charge is 0.387 e. The first kappa shape index (κ1) is 15.2. The molecule has 0 saturated heterocycles. The first-order valence-corrected chi connectivity index (χ1v) is 7.33. The molecule has 1 unspecified atom stereocenters. The summed E-state index contributed by atoms with van der Waals surface area (Å²) >= 11 is 6.84. The van der Waals surface area contributed by atoms with Gasteiger partial charge in [-0.3, -0.25) is 0 Å². The molecule has 0 aliphatic rings. The third-order valence-electron chi connectivity index (χ3n) is 2.73. The highest BCUT2D eigenvalue weighted by Crippen LogP contribution is 2.22. The summed E-state index contributed by atoms with van der Waals surface area (Å²) in [6, 6.07) is 4.25. The molecule has 2 N–H and O–H groups in total. The van der Waals surface area contributed by atoms with Crippen LogP contribution in [0.25, 0.3) is 0 Å². The molecule has 0 amide bonds. The molecular weight excluding hydrogens is 301 g/mol. The highest BCUT2D eigenvalue weighted by atomic mass is 35.5. The van der Waals surface area contributed by atoms with E-state index in [0.29, 0.717) is 10.7 Å². The zero-order chi connectivity index (χ0) is 14.7. The maximum Gasteiger partial charge on any atom is 0.202 e. The van der Waals surface area contributed by atoms with Crippen LogP contribution in [0, 0.1) is 5.82 Å². The van der Waals surface area contributed by atoms with Crippen molar-refractivity contribution in [3.8, 4) is 0 Å². The van der Waals surface area contributed by atoms with Gasteiger partial charge in [0, 0.05) is 24.0 Å². The molecule has 1 atom stereocenters. The number of aliphatic hydroxyl groups is 1. The molecule has 0 aliphatic heterocycles. The number of nitrogens with one attached hydrogen (secondary N) is 1. The number of hydrogen-bond acceptors (Lipinski definition) is 5.